The van der Waals surface area contributed by atoms with Gasteiger partial charge in [-0.1, -0.05) is 0 Å². The molecule has 1 aliphatic rings. The van der Waals surface area contributed by atoms with E-state index in [-0.39, 0.29) is 23.8 Å². The van der Waals surface area contributed by atoms with Gasteiger partial charge in [0.25, 0.3) is 11.6 Å². The summed E-state index contributed by atoms with van der Waals surface area (Å²) in [5.74, 6) is 0.523. The van der Waals surface area contributed by atoms with E-state index in [1.165, 1.54) is 18.4 Å². The highest BCUT2D eigenvalue weighted by molar-refractivity contribution is 5.99. The van der Waals surface area contributed by atoms with Crippen LogP contribution in [0.3, 0.4) is 0 Å². The number of furan rings is 1. The first-order valence-electron chi connectivity index (χ1n) is 6.48. The third-order valence-corrected chi connectivity index (χ3v) is 3.25. The lowest BCUT2D eigenvalue weighted by atomic mass is 10.1. The number of ether oxygens (including phenoxy) is 2. The Kier molecular flexibility index (Phi) is 3.42. The number of rotatable bonds is 4. The van der Waals surface area contributed by atoms with E-state index in [0.29, 0.717) is 11.5 Å². The van der Waals surface area contributed by atoms with Gasteiger partial charge in [-0.05, 0) is 19.1 Å². The molecular formula is C14H12N2O6. The van der Waals surface area contributed by atoms with Gasteiger partial charge in [-0.2, -0.15) is 0 Å². The lowest BCUT2D eigenvalue weighted by Gasteiger charge is -2.12. The number of carbonyl (C=O) groups is 1. The summed E-state index contributed by atoms with van der Waals surface area (Å²) in [5, 5.41) is 13.8. The summed E-state index contributed by atoms with van der Waals surface area (Å²) in [6.45, 7) is 1.69. The van der Waals surface area contributed by atoms with Crippen LogP contribution >= 0.6 is 0 Å². The second kappa shape index (κ2) is 5.40. The number of nitro groups is 1. The zero-order valence-electron chi connectivity index (χ0n) is 11.6. The van der Waals surface area contributed by atoms with Crippen LogP contribution in [-0.2, 0) is 0 Å². The van der Waals surface area contributed by atoms with Crippen molar-refractivity contribution in [3.05, 3.63) is 52.0 Å². The van der Waals surface area contributed by atoms with E-state index in [1.807, 2.05) is 0 Å². The third-order valence-electron chi connectivity index (χ3n) is 3.25. The predicted octanol–water partition coefficient (Wildman–Crippen LogP) is 2.41. The van der Waals surface area contributed by atoms with Crippen molar-refractivity contribution < 1.29 is 23.6 Å². The standard InChI is InChI=1S/C14H12N2O6/c1-8(11-3-2-4-20-11)15-14(17)9-5-12-13(22-7-21-12)6-10(9)16(18)19/h2-6,8H,7H2,1H3,(H,15,17)/t8-/m0/s1. The van der Waals surface area contributed by atoms with Gasteiger partial charge in [0.2, 0.25) is 6.79 Å². The van der Waals surface area contributed by atoms with E-state index in [4.69, 9.17) is 13.9 Å². The van der Waals surface area contributed by atoms with Crippen molar-refractivity contribution in [2.24, 2.45) is 0 Å². The molecule has 0 saturated heterocycles. The zero-order chi connectivity index (χ0) is 15.7. The highest BCUT2D eigenvalue weighted by Gasteiger charge is 2.28. The van der Waals surface area contributed by atoms with Crippen LogP contribution in [0.2, 0.25) is 0 Å². The number of benzene rings is 1. The first-order chi connectivity index (χ1) is 10.6. The molecule has 114 valence electrons. The second-order valence-electron chi connectivity index (χ2n) is 4.69. The Morgan fingerprint density at radius 3 is 2.73 bits per heavy atom. The maximum Gasteiger partial charge on any atom is 0.286 e. The van der Waals surface area contributed by atoms with Crippen molar-refractivity contribution in [3.8, 4) is 11.5 Å². The largest absolute Gasteiger partial charge is 0.467 e. The van der Waals surface area contributed by atoms with Crippen molar-refractivity contribution in [3.63, 3.8) is 0 Å². The van der Waals surface area contributed by atoms with E-state index < -0.39 is 16.9 Å². The SMILES string of the molecule is C[C@H](NC(=O)c1cc2c(cc1[N+](=O)[O-])OCO2)c1ccco1. The highest BCUT2D eigenvalue weighted by atomic mass is 16.7. The lowest BCUT2D eigenvalue weighted by Crippen LogP contribution is -2.27. The average Bonchev–Trinajstić information content (AvgIpc) is 3.16. The lowest BCUT2D eigenvalue weighted by molar-refractivity contribution is -0.385. The monoisotopic (exact) mass is 304 g/mol. The predicted molar refractivity (Wildman–Crippen MR) is 73.8 cm³/mol. The van der Waals surface area contributed by atoms with E-state index in [0.717, 1.165) is 0 Å². The summed E-state index contributed by atoms with van der Waals surface area (Å²) in [7, 11) is 0. The topological polar surface area (TPSA) is 104 Å². The molecule has 1 atom stereocenters. The summed E-state index contributed by atoms with van der Waals surface area (Å²) < 4.78 is 15.4. The summed E-state index contributed by atoms with van der Waals surface area (Å²) in [6.07, 6.45) is 1.49. The number of fused-ring (bicyclic) bond motifs is 1. The second-order valence-corrected chi connectivity index (χ2v) is 4.69. The number of nitrogens with zero attached hydrogens (tertiary/aromatic N) is 1. The Morgan fingerprint density at radius 2 is 2.09 bits per heavy atom. The first kappa shape index (κ1) is 13.9. The Labute approximate surface area is 124 Å². The van der Waals surface area contributed by atoms with E-state index in [9.17, 15) is 14.9 Å². The van der Waals surface area contributed by atoms with Crippen LogP contribution in [0.5, 0.6) is 11.5 Å². The van der Waals surface area contributed by atoms with Crippen molar-refractivity contribution in [1.82, 2.24) is 5.32 Å². The normalized spacial score (nSPS) is 13.7. The fourth-order valence-electron chi connectivity index (χ4n) is 2.15. The van der Waals surface area contributed by atoms with Gasteiger partial charge in [0.1, 0.15) is 11.3 Å². The van der Waals surface area contributed by atoms with Crippen LogP contribution in [0.25, 0.3) is 0 Å². The van der Waals surface area contributed by atoms with Crippen molar-refractivity contribution in [1.29, 1.82) is 0 Å². The molecule has 0 unspecified atom stereocenters. The van der Waals surface area contributed by atoms with Gasteiger partial charge >= 0.3 is 0 Å². The molecule has 2 heterocycles. The molecule has 22 heavy (non-hydrogen) atoms. The molecule has 2 aromatic rings. The Bertz CT molecular complexity index is 725. The van der Waals surface area contributed by atoms with Gasteiger partial charge in [-0.15, -0.1) is 0 Å². The van der Waals surface area contributed by atoms with Gasteiger partial charge in [0.15, 0.2) is 11.5 Å². The molecule has 0 aliphatic carbocycles. The molecule has 1 aliphatic heterocycles. The number of nitrogens with one attached hydrogen (secondary N) is 1. The van der Waals surface area contributed by atoms with Crippen molar-refractivity contribution >= 4 is 11.6 Å². The number of amides is 1. The molecule has 0 spiro atoms. The third kappa shape index (κ3) is 2.46. The summed E-state index contributed by atoms with van der Waals surface area (Å²) in [5.41, 5.74) is -0.430. The summed E-state index contributed by atoms with van der Waals surface area (Å²) in [6, 6.07) is 5.48. The molecule has 0 fully saturated rings. The molecule has 0 radical (unpaired) electrons. The molecule has 3 rings (SSSR count). The van der Waals surface area contributed by atoms with Crippen molar-refractivity contribution in [2.75, 3.05) is 6.79 Å². The van der Waals surface area contributed by atoms with Crippen LogP contribution in [-0.4, -0.2) is 17.6 Å². The smallest absolute Gasteiger partial charge is 0.286 e. The van der Waals surface area contributed by atoms with Gasteiger partial charge in [0.05, 0.1) is 23.3 Å². The van der Waals surface area contributed by atoms with Crippen LogP contribution in [0.15, 0.2) is 34.9 Å². The van der Waals surface area contributed by atoms with Gasteiger partial charge in [0, 0.05) is 6.07 Å². The molecule has 8 heteroatoms. The van der Waals surface area contributed by atoms with Crippen molar-refractivity contribution in [2.45, 2.75) is 13.0 Å². The minimum atomic E-state index is -0.631. The first-order valence-corrected chi connectivity index (χ1v) is 6.48. The molecule has 0 bridgehead atoms. The maximum absolute atomic E-state index is 12.3. The minimum Gasteiger partial charge on any atom is -0.467 e. The quantitative estimate of drug-likeness (QED) is 0.687. The molecule has 1 aromatic heterocycles. The maximum atomic E-state index is 12.3. The minimum absolute atomic E-state index is 0.0274. The Morgan fingerprint density at radius 1 is 1.36 bits per heavy atom. The van der Waals surface area contributed by atoms with Crippen LogP contribution in [0.1, 0.15) is 29.1 Å². The Hall–Kier alpha value is -3.03. The van der Waals surface area contributed by atoms with Crippen LogP contribution in [0, 0.1) is 10.1 Å². The molecular weight excluding hydrogens is 292 g/mol. The van der Waals surface area contributed by atoms with Gasteiger partial charge in [-0.25, -0.2) is 0 Å². The average molecular weight is 304 g/mol. The Balaban J connectivity index is 1.90. The molecule has 1 N–H and O–H groups in total. The number of hydrogen-bond donors (Lipinski definition) is 1. The van der Waals surface area contributed by atoms with Gasteiger partial charge < -0.3 is 19.2 Å². The summed E-state index contributed by atoms with van der Waals surface area (Å²) in [4.78, 5) is 22.8. The van der Waals surface area contributed by atoms with Crippen LogP contribution in [0.4, 0.5) is 5.69 Å². The highest BCUT2D eigenvalue weighted by Crippen LogP contribution is 2.38. The number of carbonyl (C=O) groups excluding carboxylic acids is 1. The zero-order valence-corrected chi connectivity index (χ0v) is 11.6. The fourth-order valence-corrected chi connectivity index (χ4v) is 2.15. The fraction of sp³-hybridized carbons (Fsp3) is 0.214. The van der Waals surface area contributed by atoms with E-state index in [1.54, 1.807) is 19.1 Å². The molecule has 1 aromatic carbocycles. The molecule has 8 nitrogen and oxygen atoms in total. The molecule has 0 saturated carbocycles. The molecule has 1 amide bonds. The van der Waals surface area contributed by atoms with E-state index in [2.05, 4.69) is 5.32 Å². The van der Waals surface area contributed by atoms with Crippen LogP contribution < -0.4 is 14.8 Å². The number of hydrogen-bond acceptors (Lipinski definition) is 6. The number of nitro benzene ring substituents is 1. The van der Waals surface area contributed by atoms with Gasteiger partial charge in [-0.3, -0.25) is 14.9 Å². The van der Waals surface area contributed by atoms with E-state index >= 15 is 0 Å². The summed E-state index contributed by atoms with van der Waals surface area (Å²) >= 11 is 0.